The number of hydrogen-bond acceptors (Lipinski definition) is 3. The van der Waals surface area contributed by atoms with Crippen LogP contribution in [0.4, 0.5) is 0 Å². The molecular formula is C17H27ClN2O2S. The second-order valence-corrected chi connectivity index (χ2v) is 9.09. The van der Waals surface area contributed by atoms with Crippen LogP contribution >= 0.6 is 11.6 Å². The highest BCUT2D eigenvalue weighted by Crippen LogP contribution is 2.20. The number of nitrogens with zero attached hydrogens (tertiary/aromatic N) is 1. The molecule has 0 bridgehead atoms. The van der Waals surface area contributed by atoms with Crippen LogP contribution in [0.2, 0.25) is 5.02 Å². The Balaban J connectivity index is 1.72. The van der Waals surface area contributed by atoms with Gasteiger partial charge in [-0.05, 0) is 48.9 Å². The van der Waals surface area contributed by atoms with Crippen molar-refractivity contribution in [2.24, 2.45) is 11.8 Å². The molecule has 0 radical (unpaired) electrons. The Hall–Kier alpha value is -0.620. The fourth-order valence-electron chi connectivity index (χ4n) is 3.40. The first-order chi connectivity index (χ1) is 10.8. The van der Waals surface area contributed by atoms with Gasteiger partial charge in [0, 0.05) is 24.7 Å². The van der Waals surface area contributed by atoms with Gasteiger partial charge in [0.1, 0.15) is 0 Å². The van der Waals surface area contributed by atoms with E-state index >= 15 is 0 Å². The van der Waals surface area contributed by atoms with Gasteiger partial charge in [0.25, 0.3) is 0 Å². The van der Waals surface area contributed by atoms with Gasteiger partial charge >= 0.3 is 0 Å². The van der Waals surface area contributed by atoms with Crippen molar-refractivity contribution in [3.8, 4) is 0 Å². The summed E-state index contributed by atoms with van der Waals surface area (Å²) in [5.74, 6) is 1.45. The molecule has 0 saturated carbocycles. The quantitative estimate of drug-likeness (QED) is 0.762. The average molecular weight is 359 g/mol. The van der Waals surface area contributed by atoms with Crippen molar-refractivity contribution in [1.29, 1.82) is 0 Å². The highest BCUT2D eigenvalue weighted by atomic mass is 35.5. The molecule has 6 heteroatoms. The second-order valence-electron chi connectivity index (χ2n) is 6.84. The van der Waals surface area contributed by atoms with Gasteiger partial charge in [-0.2, -0.15) is 0 Å². The van der Waals surface area contributed by atoms with E-state index in [-0.39, 0.29) is 5.75 Å². The average Bonchev–Trinajstić information content (AvgIpc) is 2.42. The number of sulfonamides is 1. The molecular weight excluding hydrogens is 332 g/mol. The van der Waals surface area contributed by atoms with E-state index in [2.05, 4.69) is 23.5 Å². The highest BCUT2D eigenvalue weighted by molar-refractivity contribution is 7.88. The topological polar surface area (TPSA) is 49.4 Å². The Labute approximate surface area is 145 Å². The number of hydrogen-bond donors (Lipinski definition) is 1. The summed E-state index contributed by atoms with van der Waals surface area (Å²) < 4.78 is 26.9. The van der Waals surface area contributed by atoms with Crippen LogP contribution < -0.4 is 4.72 Å². The summed E-state index contributed by atoms with van der Waals surface area (Å²) in [4.78, 5) is 2.45. The van der Waals surface area contributed by atoms with E-state index in [1.165, 1.54) is 6.42 Å². The Bertz CT molecular complexity index is 596. The lowest BCUT2D eigenvalue weighted by Gasteiger charge is -2.34. The van der Waals surface area contributed by atoms with Crippen molar-refractivity contribution in [3.05, 3.63) is 34.9 Å². The Kier molecular flexibility index (Phi) is 6.89. The van der Waals surface area contributed by atoms with Gasteiger partial charge in [0.2, 0.25) is 10.0 Å². The summed E-state index contributed by atoms with van der Waals surface area (Å²) in [5.41, 5.74) is 0.712. The third kappa shape index (κ3) is 6.79. The predicted molar refractivity (Wildman–Crippen MR) is 96.1 cm³/mol. The zero-order valence-corrected chi connectivity index (χ0v) is 15.5. The van der Waals surface area contributed by atoms with Gasteiger partial charge in [-0.3, -0.25) is 0 Å². The van der Waals surface area contributed by atoms with E-state index in [0.29, 0.717) is 17.1 Å². The minimum absolute atomic E-state index is 0.0225. The van der Waals surface area contributed by atoms with Gasteiger partial charge in [0.15, 0.2) is 0 Å². The van der Waals surface area contributed by atoms with Crippen molar-refractivity contribution in [1.82, 2.24) is 9.62 Å². The fourth-order valence-corrected chi connectivity index (χ4v) is 4.79. The van der Waals surface area contributed by atoms with Crippen LogP contribution in [0, 0.1) is 11.8 Å². The van der Waals surface area contributed by atoms with E-state index in [1.807, 2.05) is 0 Å². The molecule has 1 aliphatic heterocycles. The third-order valence-electron chi connectivity index (χ3n) is 4.16. The lowest BCUT2D eigenvalue weighted by Crippen LogP contribution is -2.40. The largest absolute Gasteiger partial charge is 0.303 e. The number of piperidine rings is 1. The molecule has 0 aromatic heterocycles. The van der Waals surface area contributed by atoms with Crippen molar-refractivity contribution in [2.45, 2.75) is 32.4 Å². The van der Waals surface area contributed by atoms with Crippen LogP contribution in [0.25, 0.3) is 0 Å². The maximum atomic E-state index is 12.1. The maximum absolute atomic E-state index is 12.1. The Morgan fingerprint density at radius 3 is 2.61 bits per heavy atom. The molecule has 1 N–H and O–H groups in total. The normalized spacial score (nSPS) is 23.1. The molecule has 1 aliphatic rings. The second kappa shape index (κ2) is 8.47. The molecule has 2 unspecified atom stereocenters. The molecule has 0 amide bonds. The van der Waals surface area contributed by atoms with Crippen molar-refractivity contribution < 1.29 is 8.42 Å². The molecule has 0 spiro atoms. The molecule has 1 saturated heterocycles. The molecule has 2 atom stereocenters. The number of halogens is 1. The van der Waals surface area contributed by atoms with Gasteiger partial charge in [-0.25, -0.2) is 13.1 Å². The molecule has 23 heavy (non-hydrogen) atoms. The summed E-state index contributed by atoms with van der Waals surface area (Å²) >= 11 is 5.89. The zero-order chi connectivity index (χ0) is 16.9. The molecule has 1 fully saturated rings. The van der Waals surface area contributed by atoms with Crippen LogP contribution in [0.1, 0.15) is 32.3 Å². The molecule has 4 nitrogen and oxygen atoms in total. The standard InChI is InChI=1S/C17H27ClN2O2S/c1-14-9-15(2)12-20(11-14)8-4-7-19-23(21,22)13-16-5-3-6-17(18)10-16/h3,5-6,10,14-15,19H,4,7-9,11-13H2,1-2H3. The first-order valence-corrected chi connectivity index (χ1v) is 10.3. The summed E-state index contributed by atoms with van der Waals surface area (Å²) in [5, 5.41) is 0.561. The Morgan fingerprint density at radius 1 is 1.26 bits per heavy atom. The van der Waals surface area contributed by atoms with Crippen molar-refractivity contribution in [2.75, 3.05) is 26.2 Å². The smallest absolute Gasteiger partial charge is 0.215 e. The summed E-state index contributed by atoms with van der Waals surface area (Å²) in [7, 11) is -3.30. The van der Waals surface area contributed by atoms with E-state index < -0.39 is 10.0 Å². The van der Waals surface area contributed by atoms with Gasteiger partial charge in [-0.1, -0.05) is 37.6 Å². The Morgan fingerprint density at radius 2 is 1.96 bits per heavy atom. The number of nitrogens with one attached hydrogen (secondary N) is 1. The zero-order valence-electron chi connectivity index (χ0n) is 14.0. The molecule has 1 aromatic rings. The molecule has 1 aromatic carbocycles. The lowest BCUT2D eigenvalue weighted by molar-refractivity contribution is 0.140. The molecule has 0 aliphatic carbocycles. The van der Waals surface area contributed by atoms with Gasteiger partial charge < -0.3 is 4.90 Å². The van der Waals surface area contributed by atoms with Crippen molar-refractivity contribution in [3.63, 3.8) is 0 Å². The van der Waals surface area contributed by atoms with E-state index in [1.54, 1.807) is 24.3 Å². The number of benzene rings is 1. The monoisotopic (exact) mass is 358 g/mol. The van der Waals surface area contributed by atoms with Crippen LogP contribution in [0.3, 0.4) is 0 Å². The number of rotatable bonds is 7. The van der Waals surface area contributed by atoms with Crippen LogP contribution in [0.5, 0.6) is 0 Å². The lowest BCUT2D eigenvalue weighted by atomic mass is 9.92. The van der Waals surface area contributed by atoms with Crippen molar-refractivity contribution >= 4 is 21.6 Å². The summed E-state index contributed by atoms with van der Waals surface area (Å²) in [6.45, 7) is 8.27. The predicted octanol–water partition coefficient (Wildman–Crippen LogP) is 3.13. The first kappa shape index (κ1) is 18.7. The third-order valence-corrected chi connectivity index (χ3v) is 5.76. The molecule has 1 heterocycles. The maximum Gasteiger partial charge on any atom is 0.215 e. The molecule has 130 valence electrons. The summed E-state index contributed by atoms with van der Waals surface area (Å²) in [6.07, 6.45) is 2.14. The minimum Gasteiger partial charge on any atom is -0.303 e. The van der Waals surface area contributed by atoms with Crippen LogP contribution in [-0.4, -0.2) is 39.5 Å². The number of likely N-dealkylation sites (tertiary alicyclic amines) is 1. The molecule has 2 rings (SSSR count). The highest BCUT2D eigenvalue weighted by Gasteiger charge is 2.21. The first-order valence-electron chi connectivity index (χ1n) is 8.28. The fraction of sp³-hybridized carbons (Fsp3) is 0.647. The van der Waals surface area contributed by atoms with E-state index in [9.17, 15) is 8.42 Å². The van der Waals surface area contributed by atoms with Crippen LogP contribution in [-0.2, 0) is 15.8 Å². The van der Waals surface area contributed by atoms with E-state index in [0.717, 1.165) is 37.9 Å². The summed E-state index contributed by atoms with van der Waals surface area (Å²) in [6, 6.07) is 6.98. The van der Waals surface area contributed by atoms with Gasteiger partial charge in [-0.15, -0.1) is 0 Å². The minimum atomic E-state index is -3.30. The SMILES string of the molecule is CC1CC(C)CN(CCCNS(=O)(=O)Cc2cccc(Cl)c2)C1. The van der Waals surface area contributed by atoms with E-state index in [4.69, 9.17) is 11.6 Å². The van der Waals surface area contributed by atoms with Gasteiger partial charge in [0.05, 0.1) is 5.75 Å². The van der Waals surface area contributed by atoms with Crippen LogP contribution in [0.15, 0.2) is 24.3 Å².